The van der Waals surface area contributed by atoms with Crippen molar-refractivity contribution < 1.29 is 9.90 Å². The van der Waals surface area contributed by atoms with Crippen LogP contribution in [0.1, 0.15) is 72.1 Å². The molecule has 2 aliphatic rings. The summed E-state index contributed by atoms with van der Waals surface area (Å²) in [7, 11) is 0. The Bertz CT molecular complexity index is 1180. The summed E-state index contributed by atoms with van der Waals surface area (Å²) >= 11 is 0. The molecule has 3 N–H and O–H groups in total. The van der Waals surface area contributed by atoms with Crippen molar-refractivity contribution in [3.8, 4) is 0 Å². The lowest BCUT2D eigenvalue weighted by Crippen LogP contribution is -2.26. The summed E-state index contributed by atoms with van der Waals surface area (Å²) in [5.41, 5.74) is 9.77. The largest absolute Gasteiger partial charge is 0.387 e. The van der Waals surface area contributed by atoms with Crippen molar-refractivity contribution >= 4 is 11.9 Å². The number of aryl methyl sites for hydroxylation is 2. The Hall–Kier alpha value is -2.95. The zero-order valence-electron chi connectivity index (χ0n) is 21.4. The molecule has 2 aromatic rings. The van der Waals surface area contributed by atoms with Crippen LogP contribution in [0.5, 0.6) is 0 Å². The molecule has 0 bridgehead atoms. The highest BCUT2D eigenvalue weighted by Gasteiger charge is 2.25. The second-order valence-electron chi connectivity index (χ2n) is 9.94. The van der Waals surface area contributed by atoms with Crippen LogP contribution in [-0.2, 0) is 11.2 Å². The molecular formula is C31H38N2O2. The van der Waals surface area contributed by atoms with Crippen LogP contribution in [0, 0.1) is 13.8 Å². The van der Waals surface area contributed by atoms with Crippen LogP contribution >= 0.6 is 0 Å². The highest BCUT2D eigenvalue weighted by molar-refractivity contribution is 6.01. The summed E-state index contributed by atoms with van der Waals surface area (Å²) in [6, 6.07) is 12.6. The first-order valence-electron chi connectivity index (χ1n) is 12.8. The second kappa shape index (κ2) is 11.2. The minimum atomic E-state index is -0.659. The summed E-state index contributed by atoms with van der Waals surface area (Å²) in [6.45, 7) is 10.3. The van der Waals surface area contributed by atoms with Crippen molar-refractivity contribution in [1.29, 1.82) is 0 Å². The number of rotatable bonds is 8. The standard InChI is InChI=1S/C31H38N2O2/c1-5-7-29(33-19-30(35)24-9-6-8-20(2)14-24)31(22(4)34)27-17-26-16-25(15-21(3)28(26)18-27)23-10-12-32-13-11-23/h5-9,14-16,18,23,30,32-33,35H,10-13,17,19H2,1-4H3/b7-5-,31-29-/t30-/m1/s1. The number of benzene rings is 2. The molecule has 0 radical (unpaired) electrons. The van der Waals surface area contributed by atoms with Gasteiger partial charge in [-0.25, -0.2) is 0 Å². The van der Waals surface area contributed by atoms with Gasteiger partial charge >= 0.3 is 0 Å². The van der Waals surface area contributed by atoms with Gasteiger partial charge in [0, 0.05) is 17.8 Å². The number of carbonyl (C=O) groups excluding carboxylic acids is 1. The highest BCUT2D eigenvalue weighted by atomic mass is 16.3. The number of fused-ring (bicyclic) bond motifs is 1. The maximum absolute atomic E-state index is 12.9. The normalized spacial score (nSPS) is 17.7. The fourth-order valence-corrected chi connectivity index (χ4v) is 5.42. The summed E-state index contributed by atoms with van der Waals surface area (Å²) in [4.78, 5) is 12.9. The van der Waals surface area contributed by atoms with E-state index in [4.69, 9.17) is 0 Å². The first-order valence-corrected chi connectivity index (χ1v) is 12.8. The molecule has 0 amide bonds. The highest BCUT2D eigenvalue weighted by Crippen LogP contribution is 2.37. The first-order chi connectivity index (χ1) is 16.9. The first kappa shape index (κ1) is 25.2. The maximum atomic E-state index is 12.9. The third-order valence-electron chi connectivity index (χ3n) is 7.19. The molecule has 1 fully saturated rings. The number of piperidine rings is 1. The number of carbonyl (C=O) groups is 1. The van der Waals surface area contributed by atoms with E-state index < -0.39 is 6.10 Å². The average Bonchev–Trinajstić information content (AvgIpc) is 3.27. The Balaban J connectivity index is 1.60. The molecule has 0 aromatic heterocycles. The summed E-state index contributed by atoms with van der Waals surface area (Å²) < 4.78 is 0. The minimum Gasteiger partial charge on any atom is -0.387 e. The number of Topliss-reactive ketones (excluding diaryl/α,β-unsaturated/α-hetero) is 1. The van der Waals surface area contributed by atoms with E-state index in [0.29, 0.717) is 18.0 Å². The van der Waals surface area contributed by atoms with E-state index >= 15 is 0 Å². The van der Waals surface area contributed by atoms with Crippen molar-refractivity contribution in [1.82, 2.24) is 10.6 Å². The molecule has 1 atom stereocenters. The minimum absolute atomic E-state index is 0.0333. The Morgan fingerprint density at radius 1 is 1.20 bits per heavy atom. The summed E-state index contributed by atoms with van der Waals surface area (Å²) in [6.07, 6.45) is 8.52. The van der Waals surface area contributed by atoms with Crippen molar-refractivity contribution in [2.24, 2.45) is 0 Å². The van der Waals surface area contributed by atoms with Crippen LogP contribution in [0.4, 0.5) is 0 Å². The van der Waals surface area contributed by atoms with E-state index in [0.717, 1.165) is 41.9 Å². The molecule has 2 aromatic carbocycles. The predicted molar refractivity (Wildman–Crippen MR) is 144 cm³/mol. The van der Waals surface area contributed by atoms with Gasteiger partial charge in [-0.3, -0.25) is 4.79 Å². The lowest BCUT2D eigenvalue weighted by molar-refractivity contribution is -0.113. The van der Waals surface area contributed by atoms with E-state index in [2.05, 4.69) is 35.8 Å². The number of nitrogens with one attached hydrogen (secondary N) is 2. The Morgan fingerprint density at radius 3 is 2.66 bits per heavy atom. The maximum Gasteiger partial charge on any atom is 0.162 e. The number of ketones is 1. The number of allylic oxidation sites excluding steroid dienone is 4. The second-order valence-corrected chi connectivity index (χ2v) is 9.94. The Morgan fingerprint density at radius 2 is 1.97 bits per heavy atom. The molecule has 1 saturated heterocycles. The van der Waals surface area contributed by atoms with E-state index in [-0.39, 0.29) is 5.78 Å². The molecule has 4 nitrogen and oxygen atoms in total. The van der Waals surface area contributed by atoms with Gasteiger partial charge in [0.05, 0.1) is 6.10 Å². The van der Waals surface area contributed by atoms with Crippen molar-refractivity contribution in [3.63, 3.8) is 0 Å². The van der Waals surface area contributed by atoms with Crippen LogP contribution in [0.25, 0.3) is 6.08 Å². The van der Waals surface area contributed by atoms with E-state index in [9.17, 15) is 9.90 Å². The monoisotopic (exact) mass is 470 g/mol. The van der Waals surface area contributed by atoms with Crippen LogP contribution in [0.2, 0.25) is 0 Å². The van der Waals surface area contributed by atoms with Crippen molar-refractivity contribution in [2.45, 2.75) is 59.0 Å². The average molecular weight is 471 g/mol. The number of hydrogen-bond donors (Lipinski definition) is 3. The smallest absolute Gasteiger partial charge is 0.162 e. The van der Waals surface area contributed by atoms with Gasteiger partial charge in [0.25, 0.3) is 0 Å². The van der Waals surface area contributed by atoms with Gasteiger partial charge in [0.15, 0.2) is 5.78 Å². The molecule has 0 spiro atoms. The fraction of sp³-hybridized carbons (Fsp3) is 0.387. The fourth-order valence-electron chi connectivity index (χ4n) is 5.42. The van der Waals surface area contributed by atoms with Crippen LogP contribution < -0.4 is 10.6 Å². The van der Waals surface area contributed by atoms with Gasteiger partial charge in [-0.1, -0.05) is 54.1 Å². The molecule has 1 heterocycles. The summed E-state index contributed by atoms with van der Waals surface area (Å²) in [5, 5.41) is 17.6. The van der Waals surface area contributed by atoms with Crippen LogP contribution in [0.3, 0.4) is 0 Å². The van der Waals surface area contributed by atoms with Crippen molar-refractivity contribution in [3.05, 3.63) is 98.8 Å². The lowest BCUT2D eigenvalue weighted by atomic mass is 9.87. The van der Waals surface area contributed by atoms with E-state index in [1.807, 2.05) is 50.3 Å². The molecule has 1 aliphatic carbocycles. The Kier molecular flexibility index (Phi) is 8.04. The lowest BCUT2D eigenvalue weighted by Gasteiger charge is -2.24. The molecule has 0 unspecified atom stereocenters. The van der Waals surface area contributed by atoms with E-state index in [1.165, 1.54) is 35.1 Å². The topological polar surface area (TPSA) is 61.4 Å². The molecule has 4 rings (SSSR count). The third kappa shape index (κ3) is 5.83. The molecular weight excluding hydrogens is 432 g/mol. The SMILES string of the molecule is C/C=C\C(NC[C@@H](O)c1cccc(C)c1)=C(/C(C)=O)C1=Cc2c(C)cc(C3CCNCC3)cc2C1. The number of aliphatic hydroxyl groups excluding tert-OH is 1. The van der Waals surface area contributed by atoms with Gasteiger partial charge in [-0.15, -0.1) is 0 Å². The van der Waals surface area contributed by atoms with Gasteiger partial charge in [-0.05, 0) is 105 Å². The van der Waals surface area contributed by atoms with Crippen LogP contribution in [0.15, 0.2) is 65.4 Å². The number of hydrogen-bond acceptors (Lipinski definition) is 4. The van der Waals surface area contributed by atoms with E-state index in [1.54, 1.807) is 6.92 Å². The molecule has 1 aliphatic heterocycles. The molecule has 4 heteroatoms. The molecule has 0 saturated carbocycles. The zero-order valence-corrected chi connectivity index (χ0v) is 21.4. The van der Waals surface area contributed by atoms with Gasteiger partial charge in [0.1, 0.15) is 0 Å². The third-order valence-corrected chi connectivity index (χ3v) is 7.19. The number of aliphatic hydroxyl groups is 1. The zero-order chi connectivity index (χ0) is 24.9. The van der Waals surface area contributed by atoms with Crippen LogP contribution in [-0.4, -0.2) is 30.5 Å². The van der Waals surface area contributed by atoms with Crippen molar-refractivity contribution in [2.75, 3.05) is 19.6 Å². The predicted octanol–water partition coefficient (Wildman–Crippen LogP) is 5.45. The Labute approximate surface area is 209 Å². The van der Waals surface area contributed by atoms with Gasteiger partial charge < -0.3 is 15.7 Å². The van der Waals surface area contributed by atoms with Gasteiger partial charge in [-0.2, -0.15) is 0 Å². The molecule has 184 valence electrons. The molecule has 35 heavy (non-hydrogen) atoms. The van der Waals surface area contributed by atoms with Gasteiger partial charge in [0.2, 0.25) is 0 Å². The quantitative estimate of drug-likeness (QED) is 0.355. The summed E-state index contributed by atoms with van der Waals surface area (Å²) in [5.74, 6) is 0.640.